The van der Waals surface area contributed by atoms with Crippen molar-refractivity contribution in [2.45, 2.75) is 77.2 Å². The van der Waals surface area contributed by atoms with Gasteiger partial charge in [-0.1, -0.05) is 87.7 Å². The highest BCUT2D eigenvalue weighted by atomic mass is 16.5. The average Bonchev–Trinajstić information content (AvgIpc) is 3.13. The van der Waals surface area contributed by atoms with Crippen molar-refractivity contribution in [1.82, 2.24) is 0 Å². The number of carbonyl (C=O) groups is 2. The molecule has 2 atom stereocenters. The lowest BCUT2D eigenvalue weighted by Crippen LogP contribution is -2.38. The molecule has 1 N–H and O–H groups in total. The quantitative estimate of drug-likeness (QED) is 0.265. The average molecular weight is 537 g/mol. The second-order valence-electron chi connectivity index (χ2n) is 10.9. The fourth-order valence-corrected chi connectivity index (χ4v) is 5.87. The number of hydrogen-bond donors (Lipinski definition) is 1. The first-order valence-corrected chi connectivity index (χ1v) is 14.8. The predicted molar refractivity (Wildman–Crippen MR) is 162 cm³/mol. The Labute approximate surface area is 238 Å². The Morgan fingerprint density at radius 1 is 0.850 bits per heavy atom. The zero-order chi connectivity index (χ0) is 27.9. The topological polar surface area (TPSA) is 58.6 Å². The number of para-hydroxylation sites is 2. The summed E-state index contributed by atoms with van der Waals surface area (Å²) >= 11 is 0. The normalized spacial score (nSPS) is 18.4. The molecule has 1 amide bonds. The highest BCUT2D eigenvalue weighted by Crippen LogP contribution is 2.47. The molecule has 0 aromatic heterocycles. The van der Waals surface area contributed by atoms with Crippen molar-refractivity contribution in [2.24, 2.45) is 0 Å². The van der Waals surface area contributed by atoms with Crippen LogP contribution in [-0.4, -0.2) is 18.3 Å². The minimum Gasteiger partial charge on any atom is -0.494 e. The van der Waals surface area contributed by atoms with Crippen LogP contribution in [0.15, 0.2) is 90.1 Å². The number of hydrogen-bond acceptors (Lipinski definition) is 4. The second kappa shape index (κ2) is 13.0. The van der Waals surface area contributed by atoms with Crippen LogP contribution in [0.3, 0.4) is 0 Å². The largest absolute Gasteiger partial charge is 0.494 e. The molecule has 0 fully saturated rings. The van der Waals surface area contributed by atoms with Crippen LogP contribution in [0.2, 0.25) is 0 Å². The van der Waals surface area contributed by atoms with Crippen molar-refractivity contribution in [2.75, 3.05) is 16.8 Å². The first-order chi connectivity index (χ1) is 19.6. The van der Waals surface area contributed by atoms with E-state index in [9.17, 15) is 9.59 Å². The molecular weight excluding hydrogens is 496 g/mol. The van der Waals surface area contributed by atoms with E-state index < -0.39 is 6.04 Å². The molecule has 208 valence electrons. The summed E-state index contributed by atoms with van der Waals surface area (Å²) in [4.78, 5) is 29.9. The second-order valence-corrected chi connectivity index (χ2v) is 10.9. The third-order valence-corrected chi connectivity index (χ3v) is 7.98. The molecule has 1 aliphatic carbocycles. The molecule has 40 heavy (non-hydrogen) atoms. The summed E-state index contributed by atoms with van der Waals surface area (Å²) in [7, 11) is 0. The van der Waals surface area contributed by atoms with Crippen LogP contribution in [0.25, 0.3) is 0 Å². The van der Waals surface area contributed by atoms with Crippen molar-refractivity contribution in [3.05, 3.63) is 101 Å². The van der Waals surface area contributed by atoms with Crippen LogP contribution in [0, 0.1) is 0 Å². The number of Topliss-reactive ketones (excluding diaryl/α,β-unsaturated/α-hetero) is 1. The van der Waals surface area contributed by atoms with E-state index in [1.54, 1.807) is 0 Å². The van der Waals surface area contributed by atoms with E-state index in [4.69, 9.17) is 4.74 Å². The van der Waals surface area contributed by atoms with Crippen molar-refractivity contribution < 1.29 is 14.3 Å². The molecule has 3 aromatic rings. The van der Waals surface area contributed by atoms with Crippen molar-refractivity contribution in [1.29, 1.82) is 0 Å². The molecule has 1 heterocycles. The van der Waals surface area contributed by atoms with Gasteiger partial charge < -0.3 is 10.1 Å². The van der Waals surface area contributed by atoms with Gasteiger partial charge in [-0.15, -0.1) is 0 Å². The Hall–Kier alpha value is -3.86. The van der Waals surface area contributed by atoms with Gasteiger partial charge in [0.2, 0.25) is 5.91 Å². The van der Waals surface area contributed by atoms with Crippen molar-refractivity contribution in [3.8, 4) is 5.75 Å². The Morgan fingerprint density at radius 3 is 2.33 bits per heavy atom. The molecule has 5 rings (SSSR count). The number of ether oxygens (including phenoxy) is 1. The number of nitrogens with one attached hydrogen (secondary N) is 1. The summed E-state index contributed by atoms with van der Waals surface area (Å²) in [6.07, 6.45) is 6.59. The summed E-state index contributed by atoms with van der Waals surface area (Å²) in [6.45, 7) is 5.01. The van der Waals surface area contributed by atoms with E-state index in [1.165, 1.54) is 0 Å². The van der Waals surface area contributed by atoms with Gasteiger partial charge in [-0.3, -0.25) is 14.5 Å². The van der Waals surface area contributed by atoms with Crippen molar-refractivity contribution >= 4 is 23.1 Å². The minimum absolute atomic E-state index is 0.0545. The molecule has 5 heteroatoms. The number of fused-ring (bicyclic) bond motifs is 1. The number of rotatable bonds is 10. The molecule has 3 aromatic carbocycles. The summed E-state index contributed by atoms with van der Waals surface area (Å²) in [5.41, 5.74) is 5.40. The molecule has 0 bridgehead atoms. The molecule has 0 radical (unpaired) electrons. The predicted octanol–water partition coefficient (Wildman–Crippen LogP) is 8.35. The maximum absolute atomic E-state index is 14.1. The Balaban J connectivity index is 1.53. The smallest absolute Gasteiger partial charge is 0.227 e. The molecule has 5 nitrogen and oxygen atoms in total. The van der Waals surface area contributed by atoms with Crippen LogP contribution in [0.4, 0.5) is 11.4 Å². The number of unbranched alkanes of at least 4 members (excludes halogenated alkanes) is 3. The molecule has 0 saturated carbocycles. The standard InChI is InChI=1S/C35H40N2O3/c1-3-5-8-17-33(39)37-31-16-12-11-15-29(31)36-30-23-27(25-18-20-28(21-19-25)40-22-6-4-2)24-32(38)34(30)35(37)26-13-9-7-10-14-26/h7,9-16,18-21,27,35-36H,3-6,8,17,22-24H2,1-2H3/t27-,35-/m1/s1. The molecule has 0 saturated heterocycles. The van der Waals surface area contributed by atoms with Gasteiger partial charge in [0.25, 0.3) is 0 Å². The minimum atomic E-state index is -0.468. The number of allylic oxidation sites excluding steroid dienone is 1. The lowest BCUT2D eigenvalue weighted by atomic mass is 9.78. The third-order valence-electron chi connectivity index (χ3n) is 7.98. The van der Waals surface area contributed by atoms with Gasteiger partial charge >= 0.3 is 0 Å². The summed E-state index contributed by atoms with van der Waals surface area (Å²) in [5.74, 6) is 1.06. The van der Waals surface area contributed by atoms with Crippen LogP contribution in [0.1, 0.15) is 88.3 Å². The molecule has 1 aliphatic heterocycles. The Morgan fingerprint density at radius 2 is 1.57 bits per heavy atom. The molecular formula is C35H40N2O3. The lowest BCUT2D eigenvalue weighted by Gasteiger charge is -2.35. The summed E-state index contributed by atoms with van der Waals surface area (Å²) in [6, 6.07) is 25.7. The molecule has 2 aliphatic rings. The first-order valence-electron chi connectivity index (χ1n) is 14.8. The molecule has 0 unspecified atom stereocenters. The summed E-state index contributed by atoms with van der Waals surface area (Å²) < 4.78 is 5.86. The lowest BCUT2D eigenvalue weighted by molar-refractivity contribution is -0.119. The van der Waals surface area contributed by atoms with Crippen LogP contribution < -0.4 is 15.0 Å². The number of nitrogens with zero attached hydrogens (tertiary/aromatic N) is 1. The van der Waals surface area contributed by atoms with Gasteiger partial charge in [0.15, 0.2) is 5.78 Å². The van der Waals surface area contributed by atoms with Crippen LogP contribution in [0.5, 0.6) is 5.75 Å². The number of amides is 1. The van der Waals surface area contributed by atoms with Crippen LogP contribution >= 0.6 is 0 Å². The number of ketones is 1. The van der Waals surface area contributed by atoms with E-state index in [0.29, 0.717) is 31.4 Å². The maximum Gasteiger partial charge on any atom is 0.227 e. The highest BCUT2D eigenvalue weighted by molar-refractivity contribution is 6.06. The van der Waals surface area contributed by atoms with Gasteiger partial charge in [-0.05, 0) is 60.6 Å². The monoisotopic (exact) mass is 536 g/mol. The van der Waals surface area contributed by atoms with E-state index in [1.807, 2.05) is 71.6 Å². The number of anilines is 2. The Kier molecular flexibility index (Phi) is 9.00. The highest BCUT2D eigenvalue weighted by Gasteiger charge is 2.41. The zero-order valence-electron chi connectivity index (χ0n) is 23.7. The van der Waals surface area contributed by atoms with Gasteiger partial charge in [0.1, 0.15) is 5.75 Å². The van der Waals surface area contributed by atoms with Crippen molar-refractivity contribution in [3.63, 3.8) is 0 Å². The zero-order valence-corrected chi connectivity index (χ0v) is 23.7. The van der Waals surface area contributed by atoms with E-state index >= 15 is 0 Å². The van der Waals surface area contributed by atoms with Gasteiger partial charge in [0, 0.05) is 24.1 Å². The fraction of sp³-hybridized carbons (Fsp3) is 0.371. The van der Waals surface area contributed by atoms with E-state index in [-0.39, 0.29) is 17.6 Å². The van der Waals surface area contributed by atoms with Gasteiger partial charge in [-0.2, -0.15) is 0 Å². The molecule has 0 spiro atoms. The van der Waals surface area contributed by atoms with Gasteiger partial charge in [0.05, 0.1) is 24.0 Å². The number of carbonyl (C=O) groups excluding carboxylic acids is 2. The maximum atomic E-state index is 14.1. The van der Waals surface area contributed by atoms with E-state index in [2.05, 4.69) is 31.3 Å². The first kappa shape index (κ1) is 27.7. The van der Waals surface area contributed by atoms with Gasteiger partial charge in [-0.25, -0.2) is 0 Å². The van der Waals surface area contributed by atoms with E-state index in [0.717, 1.165) is 66.1 Å². The Bertz CT molecular complexity index is 1350. The fourth-order valence-electron chi connectivity index (χ4n) is 5.87. The third kappa shape index (κ3) is 5.99. The number of benzene rings is 3. The summed E-state index contributed by atoms with van der Waals surface area (Å²) in [5, 5.41) is 3.63. The SMILES string of the molecule is CCCCCC(=O)N1c2ccccc2NC2=C(C(=O)C[C@H](c3ccc(OCCCC)cc3)C2)[C@H]1c1ccccc1. The van der Waals surface area contributed by atoms with Crippen LogP contribution in [-0.2, 0) is 9.59 Å².